The summed E-state index contributed by atoms with van der Waals surface area (Å²) in [6.45, 7) is 5.41. The number of carbonyl (C=O) groups is 1. The van der Waals surface area contributed by atoms with Crippen LogP contribution in [0.4, 0.5) is 4.79 Å². The maximum Gasteiger partial charge on any atom is 0.408 e. The zero-order valence-electron chi connectivity index (χ0n) is 13.7. The van der Waals surface area contributed by atoms with Crippen molar-refractivity contribution >= 4 is 6.09 Å². The van der Waals surface area contributed by atoms with Crippen LogP contribution in [0.2, 0.25) is 0 Å². The van der Waals surface area contributed by atoms with Crippen LogP contribution in [0, 0.1) is 0 Å². The van der Waals surface area contributed by atoms with Crippen molar-refractivity contribution in [2.24, 2.45) is 0 Å². The van der Waals surface area contributed by atoms with E-state index in [4.69, 9.17) is 13.9 Å². The minimum atomic E-state index is -0.580. The summed E-state index contributed by atoms with van der Waals surface area (Å²) in [4.78, 5) is 12.0. The van der Waals surface area contributed by atoms with E-state index in [9.17, 15) is 4.79 Å². The fraction of sp³-hybridized carbons (Fsp3) is 0.438. The van der Waals surface area contributed by atoms with E-state index in [0.717, 1.165) is 11.3 Å². The maximum absolute atomic E-state index is 12.0. The zero-order chi connectivity index (χ0) is 16.9. The van der Waals surface area contributed by atoms with Crippen molar-refractivity contribution in [3.63, 3.8) is 0 Å². The van der Waals surface area contributed by atoms with Crippen LogP contribution >= 0.6 is 0 Å². The standard InChI is InChI=1S/C16H21N3O4/c1-16(2,3)23-15(20)18-13(14-19-17-10-22-14)9-11-5-7-12(21-4)8-6-11/h5-8,10,13H,9H2,1-4H3,(H,18,20)/t13-/m0/s1. The Balaban J connectivity index is 2.10. The van der Waals surface area contributed by atoms with Crippen molar-refractivity contribution in [3.05, 3.63) is 42.1 Å². The van der Waals surface area contributed by atoms with E-state index < -0.39 is 17.7 Å². The molecule has 1 aromatic heterocycles. The molecule has 0 aliphatic rings. The van der Waals surface area contributed by atoms with E-state index in [-0.39, 0.29) is 0 Å². The molecule has 0 unspecified atom stereocenters. The highest BCUT2D eigenvalue weighted by molar-refractivity contribution is 5.68. The molecule has 124 valence electrons. The van der Waals surface area contributed by atoms with E-state index in [0.29, 0.717) is 12.3 Å². The molecule has 0 aliphatic carbocycles. The molecule has 0 bridgehead atoms. The smallest absolute Gasteiger partial charge is 0.408 e. The lowest BCUT2D eigenvalue weighted by Gasteiger charge is -2.22. The van der Waals surface area contributed by atoms with Gasteiger partial charge in [-0.2, -0.15) is 0 Å². The minimum Gasteiger partial charge on any atom is -0.497 e. The third-order valence-corrected chi connectivity index (χ3v) is 2.96. The zero-order valence-corrected chi connectivity index (χ0v) is 13.7. The maximum atomic E-state index is 12.0. The Morgan fingerprint density at radius 2 is 2.00 bits per heavy atom. The molecular weight excluding hydrogens is 298 g/mol. The minimum absolute atomic E-state index is 0.326. The number of benzene rings is 1. The predicted molar refractivity (Wildman–Crippen MR) is 83.1 cm³/mol. The van der Waals surface area contributed by atoms with Crippen LogP contribution in [0.3, 0.4) is 0 Å². The molecule has 0 fully saturated rings. The highest BCUT2D eigenvalue weighted by atomic mass is 16.6. The Morgan fingerprint density at radius 1 is 1.30 bits per heavy atom. The summed E-state index contributed by atoms with van der Waals surface area (Å²) in [5.74, 6) is 1.09. The molecule has 23 heavy (non-hydrogen) atoms. The van der Waals surface area contributed by atoms with Gasteiger partial charge in [0.15, 0.2) is 0 Å². The molecule has 7 nitrogen and oxygen atoms in total. The van der Waals surface area contributed by atoms with Crippen molar-refractivity contribution in [3.8, 4) is 5.75 Å². The molecule has 2 rings (SSSR count). The monoisotopic (exact) mass is 319 g/mol. The van der Waals surface area contributed by atoms with E-state index >= 15 is 0 Å². The van der Waals surface area contributed by atoms with Gasteiger partial charge in [0.1, 0.15) is 17.4 Å². The van der Waals surface area contributed by atoms with Gasteiger partial charge in [-0.3, -0.25) is 0 Å². The van der Waals surface area contributed by atoms with Crippen molar-refractivity contribution < 1.29 is 18.7 Å². The second-order valence-corrected chi connectivity index (χ2v) is 6.03. The summed E-state index contributed by atoms with van der Waals surface area (Å²) >= 11 is 0. The summed E-state index contributed by atoms with van der Waals surface area (Å²) in [7, 11) is 1.61. The Morgan fingerprint density at radius 3 is 2.52 bits per heavy atom. The molecular formula is C16H21N3O4. The summed E-state index contributed by atoms with van der Waals surface area (Å²) in [5.41, 5.74) is 0.411. The fourth-order valence-electron chi connectivity index (χ4n) is 1.98. The van der Waals surface area contributed by atoms with Gasteiger partial charge in [0, 0.05) is 6.42 Å². The molecule has 2 aromatic rings. The second-order valence-electron chi connectivity index (χ2n) is 6.03. The third kappa shape index (κ3) is 5.28. The average Bonchev–Trinajstić information content (AvgIpc) is 2.99. The van der Waals surface area contributed by atoms with Gasteiger partial charge in [-0.25, -0.2) is 4.79 Å². The number of alkyl carbamates (subject to hydrolysis) is 1. The molecule has 0 saturated carbocycles. The van der Waals surface area contributed by atoms with E-state index in [1.54, 1.807) is 27.9 Å². The van der Waals surface area contributed by atoms with Crippen LogP contribution in [0.25, 0.3) is 0 Å². The van der Waals surface area contributed by atoms with Crippen LogP contribution in [0.15, 0.2) is 35.1 Å². The van der Waals surface area contributed by atoms with Gasteiger partial charge in [0.05, 0.1) is 7.11 Å². The Labute approximate surface area is 135 Å². The predicted octanol–water partition coefficient (Wildman–Crippen LogP) is 2.89. The molecule has 7 heteroatoms. The lowest BCUT2D eigenvalue weighted by atomic mass is 10.1. The second kappa shape index (κ2) is 7.13. The summed E-state index contributed by atoms with van der Waals surface area (Å²) in [5, 5.41) is 10.3. The first-order valence-corrected chi connectivity index (χ1v) is 7.26. The van der Waals surface area contributed by atoms with Crippen molar-refractivity contribution in [2.75, 3.05) is 7.11 Å². The lowest BCUT2D eigenvalue weighted by molar-refractivity contribution is 0.0495. The number of aromatic nitrogens is 2. The average molecular weight is 319 g/mol. The Bertz CT molecular complexity index is 618. The van der Waals surface area contributed by atoms with Gasteiger partial charge in [-0.05, 0) is 38.5 Å². The van der Waals surface area contributed by atoms with Crippen LogP contribution in [0.1, 0.15) is 38.3 Å². The number of ether oxygens (including phenoxy) is 2. The van der Waals surface area contributed by atoms with E-state index in [1.165, 1.54) is 6.39 Å². The van der Waals surface area contributed by atoms with Crippen LogP contribution in [-0.4, -0.2) is 29.0 Å². The topological polar surface area (TPSA) is 86.5 Å². The number of nitrogens with zero attached hydrogens (tertiary/aromatic N) is 2. The van der Waals surface area contributed by atoms with Gasteiger partial charge in [0.2, 0.25) is 12.3 Å². The number of nitrogens with one attached hydrogen (secondary N) is 1. The lowest BCUT2D eigenvalue weighted by Crippen LogP contribution is -2.36. The van der Waals surface area contributed by atoms with Crippen LogP contribution < -0.4 is 10.1 Å². The fourth-order valence-corrected chi connectivity index (χ4v) is 1.98. The number of hydrogen-bond acceptors (Lipinski definition) is 6. The Kier molecular flexibility index (Phi) is 5.20. The molecule has 0 aliphatic heterocycles. The molecule has 1 heterocycles. The number of hydrogen-bond donors (Lipinski definition) is 1. The highest BCUT2D eigenvalue weighted by Gasteiger charge is 2.23. The molecule has 0 saturated heterocycles. The molecule has 1 aromatic carbocycles. The summed E-state index contributed by atoms with van der Waals surface area (Å²) in [6.07, 6.45) is 1.19. The van der Waals surface area contributed by atoms with Gasteiger partial charge in [0.25, 0.3) is 0 Å². The van der Waals surface area contributed by atoms with Crippen molar-refractivity contribution in [1.82, 2.24) is 15.5 Å². The number of amides is 1. The third-order valence-electron chi connectivity index (χ3n) is 2.96. The normalized spacial score (nSPS) is 12.5. The molecule has 1 N–H and O–H groups in total. The Hall–Kier alpha value is -2.57. The summed E-state index contributed by atoms with van der Waals surface area (Å²) < 4.78 is 15.6. The molecule has 1 amide bonds. The number of carbonyl (C=O) groups excluding carboxylic acids is 1. The van der Waals surface area contributed by atoms with Crippen LogP contribution in [-0.2, 0) is 11.2 Å². The van der Waals surface area contributed by atoms with Gasteiger partial charge >= 0.3 is 6.09 Å². The quantitative estimate of drug-likeness (QED) is 0.912. The molecule has 0 spiro atoms. The molecule has 1 atom stereocenters. The largest absolute Gasteiger partial charge is 0.497 e. The first kappa shape index (κ1) is 16.8. The summed E-state index contributed by atoms with van der Waals surface area (Å²) in [6, 6.07) is 7.07. The SMILES string of the molecule is COc1ccc(C[C@H](NC(=O)OC(C)(C)C)c2nnco2)cc1. The number of rotatable bonds is 5. The highest BCUT2D eigenvalue weighted by Crippen LogP contribution is 2.19. The van der Waals surface area contributed by atoms with Crippen LogP contribution in [0.5, 0.6) is 5.75 Å². The number of methoxy groups -OCH3 is 1. The van der Waals surface area contributed by atoms with Gasteiger partial charge in [-0.1, -0.05) is 12.1 Å². The van der Waals surface area contributed by atoms with E-state index in [1.807, 2.05) is 24.3 Å². The first-order chi connectivity index (χ1) is 10.9. The van der Waals surface area contributed by atoms with Gasteiger partial charge < -0.3 is 19.2 Å². The van der Waals surface area contributed by atoms with Crippen molar-refractivity contribution in [1.29, 1.82) is 0 Å². The van der Waals surface area contributed by atoms with E-state index in [2.05, 4.69) is 15.5 Å². The van der Waals surface area contributed by atoms with Gasteiger partial charge in [-0.15, -0.1) is 10.2 Å². The van der Waals surface area contributed by atoms with Crippen molar-refractivity contribution in [2.45, 2.75) is 38.8 Å². The molecule has 0 radical (unpaired) electrons. The first-order valence-electron chi connectivity index (χ1n) is 7.26.